The van der Waals surface area contributed by atoms with Gasteiger partial charge in [0.2, 0.25) is 0 Å². The maximum absolute atomic E-state index is 11.6. The molecule has 0 aliphatic carbocycles. The number of nitrogens with two attached hydrogens (primary N) is 1. The van der Waals surface area contributed by atoms with Crippen LogP contribution in [-0.4, -0.2) is 22.8 Å². The predicted octanol–water partition coefficient (Wildman–Crippen LogP) is 2.98. The maximum atomic E-state index is 11.6. The van der Waals surface area contributed by atoms with Gasteiger partial charge >= 0.3 is 5.97 Å². The number of anilines is 1. The third kappa shape index (κ3) is 2.26. The molecule has 22 heavy (non-hydrogen) atoms. The number of carboxylic acids is 1. The Hall–Kier alpha value is -2.95. The van der Waals surface area contributed by atoms with E-state index in [2.05, 4.69) is 0 Å². The number of aromatic nitrogens is 1. The van der Waals surface area contributed by atoms with E-state index >= 15 is 0 Å². The molecule has 0 unspecified atom stereocenters. The first-order valence-electron chi connectivity index (χ1n) is 6.84. The molecule has 0 bridgehead atoms. The second-order valence-corrected chi connectivity index (χ2v) is 5.02. The lowest BCUT2D eigenvalue weighted by Crippen LogP contribution is -2.11. The van der Waals surface area contributed by atoms with Gasteiger partial charge in [0.05, 0.1) is 18.3 Å². The second kappa shape index (κ2) is 5.44. The van der Waals surface area contributed by atoms with Gasteiger partial charge in [-0.2, -0.15) is 0 Å². The van der Waals surface area contributed by atoms with E-state index in [-0.39, 0.29) is 5.69 Å². The summed E-state index contributed by atoms with van der Waals surface area (Å²) in [7, 11) is 1.60. The SMILES string of the molecule is COc1cccc(Cn2c(C(=O)O)c(N)c3ccccc32)c1. The molecule has 0 saturated heterocycles. The van der Waals surface area contributed by atoms with E-state index in [0.29, 0.717) is 12.2 Å². The zero-order chi connectivity index (χ0) is 15.7. The van der Waals surface area contributed by atoms with E-state index < -0.39 is 5.97 Å². The van der Waals surface area contributed by atoms with E-state index in [1.165, 1.54) is 0 Å². The summed E-state index contributed by atoms with van der Waals surface area (Å²) in [5.74, 6) is -0.296. The first-order valence-corrected chi connectivity index (χ1v) is 6.84. The third-order valence-electron chi connectivity index (χ3n) is 3.69. The van der Waals surface area contributed by atoms with Gasteiger partial charge in [-0.15, -0.1) is 0 Å². The Balaban J connectivity index is 2.16. The summed E-state index contributed by atoms with van der Waals surface area (Å²) >= 11 is 0. The van der Waals surface area contributed by atoms with E-state index in [1.807, 2.05) is 48.5 Å². The van der Waals surface area contributed by atoms with Gasteiger partial charge in [0, 0.05) is 11.9 Å². The maximum Gasteiger partial charge on any atom is 0.354 e. The predicted molar refractivity (Wildman–Crippen MR) is 85.4 cm³/mol. The molecule has 0 aliphatic heterocycles. The zero-order valence-corrected chi connectivity index (χ0v) is 12.1. The molecular formula is C17H16N2O3. The summed E-state index contributed by atoms with van der Waals surface area (Å²) in [4.78, 5) is 11.6. The summed E-state index contributed by atoms with van der Waals surface area (Å²) in [6.07, 6.45) is 0. The average molecular weight is 296 g/mol. The number of fused-ring (bicyclic) bond motifs is 1. The number of para-hydroxylation sites is 1. The highest BCUT2D eigenvalue weighted by atomic mass is 16.5. The van der Waals surface area contributed by atoms with Crippen LogP contribution in [0.5, 0.6) is 5.75 Å². The van der Waals surface area contributed by atoms with Crippen LogP contribution in [0.15, 0.2) is 48.5 Å². The van der Waals surface area contributed by atoms with Gasteiger partial charge < -0.3 is 20.1 Å². The highest BCUT2D eigenvalue weighted by molar-refractivity contribution is 6.05. The molecule has 112 valence electrons. The quantitative estimate of drug-likeness (QED) is 0.776. The molecule has 0 radical (unpaired) electrons. The number of carboxylic acid groups (broad SMARTS) is 1. The summed E-state index contributed by atoms with van der Waals surface area (Å²) in [5.41, 5.74) is 8.19. The van der Waals surface area contributed by atoms with Crippen LogP contribution in [0.1, 0.15) is 16.1 Å². The standard InChI is InChI=1S/C17H16N2O3/c1-22-12-6-4-5-11(9-12)10-19-14-8-3-2-7-13(14)15(18)16(19)17(20)21/h2-9H,10,18H2,1H3,(H,20,21). The molecule has 1 heterocycles. The number of aromatic carboxylic acids is 1. The molecule has 5 heteroatoms. The zero-order valence-electron chi connectivity index (χ0n) is 12.1. The summed E-state index contributed by atoms with van der Waals surface area (Å²) in [6.45, 7) is 0.413. The minimum atomic E-state index is -1.03. The second-order valence-electron chi connectivity index (χ2n) is 5.02. The Bertz CT molecular complexity index is 852. The smallest absolute Gasteiger partial charge is 0.354 e. The first kappa shape index (κ1) is 14.0. The third-order valence-corrected chi connectivity index (χ3v) is 3.69. The summed E-state index contributed by atoms with van der Waals surface area (Å²) in [6, 6.07) is 15.0. The summed E-state index contributed by atoms with van der Waals surface area (Å²) in [5, 5.41) is 10.3. The summed E-state index contributed by atoms with van der Waals surface area (Å²) < 4.78 is 6.94. The fraction of sp³-hybridized carbons (Fsp3) is 0.118. The minimum absolute atomic E-state index is 0.115. The number of nitrogen functional groups attached to an aromatic ring is 1. The van der Waals surface area contributed by atoms with Crippen LogP contribution in [0.25, 0.3) is 10.9 Å². The molecule has 2 aromatic carbocycles. The molecule has 0 fully saturated rings. The van der Waals surface area contributed by atoms with Crippen molar-refractivity contribution in [3.05, 3.63) is 59.8 Å². The molecule has 0 spiro atoms. The number of hydrogen-bond acceptors (Lipinski definition) is 3. The Morgan fingerprint density at radius 1 is 1.23 bits per heavy atom. The molecule has 0 aliphatic rings. The van der Waals surface area contributed by atoms with Crippen molar-refractivity contribution >= 4 is 22.6 Å². The topological polar surface area (TPSA) is 77.5 Å². The van der Waals surface area contributed by atoms with Gasteiger partial charge in [0.25, 0.3) is 0 Å². The lowest BCUT2D eigenvalue weighted by atomic mass is 10.2. The molecule has 0 saturated carbocycles. The molecule has 3 aromatic rings. The molecule has 3 rings (SSSR count). The van der Waals surface area contributed by atoms with Crippen molar-refractivity contribution in [3.63, 3.8) is 0 Å². The fourth-order valence-corrected chi connectivity index (χ4v) is 2.68. The Morgan fingerprint density at radius 2 is 2.00 bits per heavy atom. The number of nitrogens with zero attached hydrogens (tertiary/aromatic N) is 1. The first-order chi connectivity index (χ1) is 10.6. The average Bonchev–Trinajstić information content (AvgIpc) is 2.81. The van der Waals surface area contributed by atoms with E-state index in [1.54, 1.807) is 11.7 Å². The van der Waals surface area contributed by atoms with Gasteiger partial charge in [0.1, 0.15) is 5.75 Å². The number of hydrogen-bond donors (Lipinski definition) is 2. The lowest BCUT2D eigenvalue weighted by molar-refractivity contribution is 0.0687. The highest BCUT2D eigenvalue weighted by Gasteiger charge is 2.20. The van der Waals surface area contributed by atoms with Gasteiger partial charge in [0.15, 0.2) is 5.69 Å². The molecule has 0 atom stereocenters. The monoisotopic (exact) mass is 296 g/mol. The van der Waals surface area contributed by atoms with Crippen LogP contribution in [0, 0.1) is 0 Å². The minimum Gasteiger partial charge on any atom is -0.497 e. The molecule has 0 amide bonds. The van der Waals surface area contributed by atoms with Gasteiger partial charge in [-0.3, -0.25) is 0 Å². The van der Waals surface area contributed by atoms with Crippen molar-refractivity contribution in [1.82, 2.24) is 4.57 Å². The van der Waals surface area contributed by atoms with Crippen molar-refractivity contribution in [2.24, 2.45) is 0 Å². The van der Waals surface area contributed by atoms with Crippen LogP contribution in [0.4, 0.5) is 5.69 Å². The van der Waals surface area contributed by atoms with Gasteiger partial charge in [-0.1, -0.05) is 30.3 Å². The number of rotatable bonds is 4. The molecule has 3 N–H and O–H groups in total. The molecular weight excluding hydrogens is 280 g/mol. The largest absolute Gasteiger partial charge is 0.497 e. The van der Waals surface area contributed by atoms with Crippen molar-refractivity contribution in [3.8, 4) is 5.75 Å². The van der Waals surface area contributed by atoms with Crippen molar-refractivity contribution in [2.75, 3.05) is 12.8 Å². The van der Waals surface area contributed by atoms with Crippen molar-refractivity contribution in [2.45, 2.75) is 6.54 Å². The van der Waals surface area contributed by atoms with Gasteiger partial charge in [-0.05, 0) is 23.8 Å². The number of ether oxygens (including phenoxy) is 1. The van der Waals surface area contributed by atoms with Crippen LogP contribution >= 0.6 is 0 Å². The number of benzene rings is 2. The van der Waals surface area contributed by atoms with Crippen LogP contribution in [-0.2, 0) is 6.54 Å². The van der Waals surface area contributed by atoms with Crippen LogP contribution in [0.2, 0.25) is 0 Å². The van der Waals surface area contributed by atoms with E-state index in [4.69, 9.17) is 10.5 Å². The Labute approximate surface area is 127 Å². The van der Waals surface area contributed by atoms with E-state index in [9.17, 15) is 9.90 Å². The number of methoxy groups -OCH3 is 1. The van der Waals surface area contributed by atoms with Crippen LogP contribution < -0.4 is 10.5 Å². The van der Waals surface area contributed by atoms with Crippen molar-refractivity contribution < 1.29 is 14.6 Å². The lowest BCUT2D eigenvalue weighted by Gasteiger charge is -2.10. The normalized spacial score (nSPS) is 10.8. The highest BCUT2D eigenvalue weighted by Crippen LogP contribution is 2.29. The Morgan fingerprint density at radius 3 is 2.73 bits per heavy atom. The number of carbonyl (C=O) groups is 1. The molecule has 1 aromatic heterocycles. The fourth-order valence-electron chi connectivity index (χ4n) is 2.68. The Kier molecular flexibility index (Phi) is 3.47. The van der Waals surface area contributed by atoms with Crippen LogP contribution in [0.3, 0.4) is 0 Å². The molecule has 5 nitrogen and oxygen atoms in total. The van der Waals surface area contributed by atoms with E-state index in [0.717, 1.165) is 22.2 Å². The van der Waals surface area contributed by atoms with Crippen molar-refractivity contribution in [1.29, 1.82) is 0 Å². The van der Waals surface area contributed by atoms with Gasteiger partial charge in [-0.25, -0.2) is 4.79 Å².